The lowest BCUT2D eigenvalue weighted by molar-refractivity contribution is 0.557. The Morgan fingerprint density at radius 2 is 2.00 bits per heavy atom. The van der Waals surface area contributed by atoms with Crippen LogP contribution in [0.4, 0.5) is 4.39 Å². The Kier molecular flexibility index (Phi) is 5.24. The lowest BCUT2D eigenvalue weighted by atomic mass is 9.99. The van der Waals surface area contributed by atoms with Gasteiger partial charge in [-0.2, -0.15) is 9.78 Å². The van der Waals surface area contributed by atoms with Crippen LogP contribution < -0.4 is 5.56 Å². The summed E-state index contributed by atoms with van der Waals surface area (Å²) in [5.74, 6) is 0.0826. The minimum absolute atomic E-state index is 0.0293. The highest BCUT2D eigenvalue weighted by atomic mass is 35.5. The van der Waals surface area contributed by atoms with E-state index in [1.165, 1.54) is 23.1 Å². The summed E-state index contributed by atoms with van der Waals surface area (Å²) in [7, 11) is 1.89. The number of benzene rings is 2. The van der Waals surface area contributed by atoms with Crippen molar-refractivity contribution in [2.24, 2.45) is 7.05 Å². The molecule has 0 aliphatic carbocycles. The predicted octanol–water partition coefficient (Wildman–Crippen LogP) is 4.66. The van der Waals surface area contributed by atoms with E-state index in [-0.39, 0.29) is 28.1 Å². The Balaban J connectivity index is 1.30. The molecule has 12 heteroatoms. The third-order valence-electron chi connectivity index (χ3n) is 7.29. The molecule has 0 unspecified atom stereocenters. The van der Waals surface area contributed by atoms with Crippen molar-refractivity contribution in [3.63, 3.8) is 0 Å². The standard InChI is InChI=1S/C27H21ClFN9O/c1-14-7-23(27-30-11-20(32-27)15-3-5-19-17(8-15)12-36(2)33-19)38-22(14)9-16(10-24(38)39)25-21(37-13-31-34-35-37)6-4-18(28)26(25)29/h3-6,8-14,23H,7H2,1-2H3,(H,30,32)/t14-,23-/m0/s1. The fourth-order valence-corrected chi connectivity index (χ4v) is 5.66. The number of pyridine rings is 1. The summed E-state index contributed by atoms with van der Waals surface area (Å²) in [6.07, 6.45) is 5.79. The zero-order chi connectivity index (χ0) is 26.8. The number of aromatic amines is 1. The van der Waals surface area contributed by atoms with Crippen LogP contribution in [-0.2, 0) is 7.05 Å². The maximum absolute atomic E-state index is 15.4. The molecule has 2 aromatic carbocycles. The molecule has 7 rings (SSSR count). The van der Waals surface area contributed by atoms with E-state index in [4.69, 9.17) is 11.6 Å². The molecule has 0 saturated carbocycles. The van der Waals surface area contributed by atoms with Crippen molar-refractivity contribution >= 4 is 22.5 Å². The van der Waals surface area contributed by atoms with Gasteiger partial charge in [0.1, 0.15) is 12.2 Å². The first-order valence-electron chi connectivity index (χ1n) is 12.3. The molecular formula is C27H21ClFN9O. The maximum Gasteiger partial charge on any atom is 0.252 e. The number of fused-ring (bicyclic) bond motifs is 2. The SMILES string of the molecule is C[C@H]1C[C@@H](c2ncc(-c3ccc4nn(C)cc4c3)[nH]2)n2c1cc(-c1c(-n3cnnn3)ccc(Cl)c1F)cc2=O. The highest BCUT2D eigenvalue weighted by Crippen LogP contribution is 2.41. The fourth-order valence-electron chi connectivity index (χ4n) is 5.50. The first-order chi connectivity index (χ1) is 18.9. The van der Waals surface area contributed by atoms with Gasteiger partial charge < -0.3 is 9.55 Å². The molecule has 0 radical (unpaired) electrons. The first-order valence-corrected chi connectivity index (χ1v) is 12.7. The Labute approximate surface area is 225 Å². The van der Waals surface area contributed by atoms with E-state index in [2.05, 4.69) is 36.7 Å². The van der Waals surface area contributed by atoms with E-state index < -0.39 is 5.82 Å². The van der Waals surface area contributed by atoms with Gasteiger partial charge in [0, 0.05) is 41.5 Å². The minimum atomic E-state index is -0.641. The molecule has 0 spiro atoms. The number of aromatic nitrogens is 9. The number of aryl methyl sites for hydroxylation is 1. The van der Waals surface area contributed by atoms with Crippen LogP contribution in [0.15, 0.2) is 66.0 Å². The van der Waals surface area contributed by atoms with Gasteiger partial charge in [-0.1, -0.05) is 24.6 Å². The van der Waals surface area contributed by atoms with E-state index in [1.807, 2.05) is 38.4 Å². The molecule has 1 aliphatic heterocycles. The van der Waals surface area contributed by atoms with Crippen LogP contribution in [0.5, 0.6) is 0 Å². The van der Waals surface area contributed by atoms with Crippen molar-refractivity contribution in [3.8, 4) is 28.1 Å². The lowest BCUT2D eigenvalue weighted by Crippen LogP contribution is -2.24. The van der Waals surface area contributed by atoms with Crippen molar-refractivity contribution in [1.29, 1.82) is 0 Å². The molecule has 39 heavy (non-hydrogen) atoms. The van der Waals surface area contributed by atoms with Gasteiger partial charge in [-0.3, -0.25) is 9.48 Å². The summed E-state index contributed by atoms with van der Waals surface area (Å²) in [5, 5.41) is 16.6. The van der Waals surface area contributed by atoms with Crippen molar-refractivity contribution < 1.29 is 4.39 Å². The summed E-state index contributed by atoms with van der Waals surface area (Å²) in [6, 6.07) is 12.1. The van der Waals surface area contributed by atoms with Crippen LogP contribution in [-0.4, -0.2) is 44.5 Å². The highest BCUT2D eigenvalue weighted by Gasteiger charge is 2.33. The van der Waals surface area contributed by atoms with Gasteiger partial charge in [-0.15, -0.1) is 5.10 Å². The quantitative estimate of drug-likeness (QED) is 0.347. The van der Waals surface area contributed by atoms with Gasteiger partial charge >= 0.3 is 0 Å². The molecule has 1 aliphatic rings. The number of nitrogens with one attached hydrogen (secondary N) is 1. The topological polar surface area (TPSA) is 112 Å². The number of H-pyrrole nitrogens is 1. The van der Waals surface area contributed by atoms with Gasteiger partial charge in [0.15, 0.2) is 5.82 Å². The summed E-state index contributed by atoms with van der Waals surface area (Å²) < 4.78 is 20.2. The van der Waals surface area contributed by atoms with Gasteiger partial charge in [0.05, 0.1) is 34.2 Å². The van der Waals surface area contributed by atoms with Crippen molar-refractivity contribution in [1.82, 2.24) is 44.5 Å². The summed E-state index contributed by atoms with van der Waals surface area (Å²) >= 11 is 6.14. The zero-order valence-electron chi connectivity index (χ0n) is 20.9. The largest absolute Gasteiger partial charge is 0.340 e. The second-order valence-corrected chi connectivity index (χ2v) is 10.2. The second-order valence-electron chi connectivity index (χ2n) is 9.80. The molecule has 10 nitrogen and oxygen atoms in total. The van der Waals surface area contributed by atoms with Gasteiger partial charge in [-0.05, 0) is 58.7 Å². The maximum atomic E-state index is 15.4. The number of rotatable bonds is 4. The lowest BCUT2D eigenvalue weighted by Gasteiger charge is -2.16. The number of hydrogen-bond acceptors (Lipinski definition) is 6. The third kappa shape index (κ3) is 3.76. The van der Waals surface area contributed by atoms with Gasteiger partial charge in [0.25, 0.3) is 5.56 Å². The van der Waals surface area contributed by atoms with Crippen molar-refractivity contribution in [3.05, 3.63) is 93.9 Å². The van der Waals surface area contributed by atoms with E-state index in [9.17, 15) is 4.79 Å². The van der Waals surface area contributed by atoms with E-state index in [1.54, 1.807) is 21.5 Å². The second kappa shape index (κ2) is 8.70. The Bertz CT molecular complexity index is 1940. The smallest absolute Gasteiger partial charge is 0.252 e. The van der Waals surface area contributed by atoms with Crippen LogP contribution in [0.25, 0.3) is 39.0 Å². The molecule has 2 atom stereocenters. The third-order valence-corrected chi connectivity index (χ3v) is 7.58. The summed E-state index contributed by atoms with van der Waals surface area (Å²) in [4.78, 5) is 21.6. The van der Waals surface area contributed by atoms with Crippen LogP contribution >= 0.6 is 11.6 Å². The minimum Gasteiger partial charge on any atom is -0.340 e. The van der Waals surface area contributed by atoms with Crippen LogP contribution in [0.1, 0.15) is 36.8 Å². The molecule has 0 bridgehead atoms. The molecule has 1 N–H and O–H groups in total. The molecule has 0 fully saturated rings. The van der Waals surface area contributed by atoms with Crippen LogP contribution in [0.2, 0.25) is 5.02 Å². The first kappa shape index (κ1) is 23.5. The van der Waals surface area contributed by atoms with E-state index in [0.717, 1.165) is 27.9 Å². The molecule has 0 saturated heterocycles. The summed E-state index contributed by atoms with van der Waals surface area (Å²) in [6.45, 7) is 2.05. The summed E-state index contributed by atoms with van der Waals surface area (Å²) in [5.41, 5.74) is 4.25. The van der Waals surface area contributed by atoms with Gasteiger partial charge in [-0.25, -0.2) is 9.37 Å². The van der Waals surface area contributed by atoms with E-state index in [0.29, 0.717) is 23.5 Å². The zero-order valence-corrected chi connectivity index (χ0v) is 21.6. The number of imidazole rings is 1. The molecule has 0 amide bonds. The Morgan fingerprint density at radius 3 is 2.82 bits per heavy atom. The molecule has 6 aromatic rings. The molecule has 4 aromatic heterocycles. The van der Waals surface area contributed by atoms with Gasteiger partial charge in [0.2, 0.25) is 0 Å². The van der Waals surface area contributed by atoms with Crippen LogP contribution in [0.3, 0.4) is 0 Å². The monoisotopic (exact) mass is 541 g/mol. The fraction of sp³-hybridized carbons (Fsp3) is 0.185. The molecular weight excluding hydrogens is 521 g/mol. The number of hydrogen-bond donors (Lipinski definition) is 1. The Hall–Kier alpha value is -4.64. The predicted molar refractivity (Wildman–Crippen MR) is 143 cm³/mol. The molecule has 5 heterocycles. The highest BCUT2D eigenvalue weighted by molar-refractivity contribution is 6.31. The van der Waals surface area contributed by atoms with Crippen LogP contribution in [0, 0.1) is 5.82 Å². The number of halogens is 2. The average Bonchev–Trinajstić information content (AvgIpc) is 3.71. The Morgan fingerprint density at radius 1 is 1.13 bits per heavy atom. The number of nitrogens with zero attached hydrogens (tertiary/aromatic N) is 8. The van der Waals surface area contributed by atoms with Crippen molar-refractivity contribution in [2.75, 3.05) is 0 Å². The van der Waals surface area contributed by atoms with Crippen molar-refractivity contribution in [2.45, 2.75) is 25.3 Å². The molecule has 194 valence electrons. The number of tetrazole rings is 1. The normalized spacial score (nSPS) is 16.7. The average molecular weight is 542 g/mol. The van der Waals surface area contributed by atoms with E-state index >= 15 is 4.39 Å².